The van der Waals surface area contributed by atoms with E-state index in [4.69, 9.17) is 4.74 Å². The lowest BCUT2D eigenvalue weighted by Crippen LogP contribution is -2.09. The predicted octanol–water partition coefficient (Wildman–Crippen LogP) is 2.81. The highest BCUT2D eigenvalue weighted by molar-refractivity contribution is 6.13. The molecule has 0 bridgehead atoms. The first kappa shape index (κ1) is 15.9. The summed E-state index contributed by atoms with van der Waals surface area (Å²) < 4.78 is 6.61. The van der Waals surface area contributed by atoms with Crippen molar-refractivity contribution in [1.29, 1.82) is 0 Å². The average molecular weight is 323 g/mol. The third-order valence-corrected chi connectivity index (χ3v) is 3.92. The van der Waals surface area contributed by atoms with Crippen LogP contribution in [0.3, 0.4) is 0 Å². The van der Waals surface area contributed by atoms with Crippen molar-refractivity contribution in [2.45, 2.75) is 27.7 Å². The van der Waals surface area contributed by atoms with Crippen molar-refractivity contribution in [2.24, 2.45) is 4.99 Å². The maximum absolute atomic E-state index is 12.1. The summed E-state index contributed by atoms with van der Waals surface area (Å²) in [5.74, 6) is -0.403. The number of carbonyl (C=O) groups is 2. The van der Waals surface area contributed by atoms with E-state index in [1.54, 1.807) is 19.9 Å². The molecule has 0 aliphatic carbocycles. The molecule has 24 heavy (non-hydrogen) atoms. The Bertz CT molecular complexity index is 920. The second-order valence-electron chi connectivity index (χ2n) is 5.67. The first-order valence-electron chi connectivity index (χ1n) is 7.54. The molecule has 0 atom stereocenters. The van der Waals surface area contributed by atoms with E-state index < -0.39 is 5.97 Å². The first-order valence-corrected chi connectivity index (χ1v) is 7.54. The number of carbonyl (C=O) groups excluding carboxylic acids is 2. The summed E-state index contributed by atoms with van der Waals surface area (Å²) in [7, 11) is 0. The molecular weight excluding hydrogens is 306 g/mol. The van der Waals surface area contributed by atoms with Crippen LogP contribution < -0.4 is 0 Å². The Hall–Kier alpha value is -3.02. The molecule has 0 spiro atoms. The number of nitrogens with zero attached hydrogens (tertiary/aromatic N) is 3. The van der Waals surface area contributed by atoms with Gasteiger partial charge in [0.2, 0.25) is 11.8 Å². The second kappa shape index (κ2) is 5.88. The van der Waals surface area contributed by atoms with Crippen molar-refractivity contribution in [3.8, 4) is 0 Å². The zero-order chi connectivity index (χ0) is 17.4. The summed E-state index contributed by atoms with van der Waals surface area (Å²) in [6, 6.07) is 7.56. The van der Waals surface area contributed by atoms with Crippen molar-refractivity contribution in [1.82, 2.24) is 9.78 Å². The van der Waals surface area contributed by atoms with Gasteiger partial charge >= 0.3 is 5.97 Å². The molecule has 1 aliphatic rings. The van der Waals surface area contributed by atoms with Gasteiger partial charge in [0, 0.05) is 18.1 Å². The average Bonchev–Trinajstić information content (AvgIpc) is 3.03. The quantitative estimate of drug-likeness (QED) is 0.629. The van der Waals surface area contributed by atoms with Crippen LogP contribution in [0.2, 0.25) is 0 Å². The maximum Gasteiger partial charge on any atom is 0.363 e. The molecule has 0 unspecified atom stereocenters. The fourth-order valence-corrected chi connectivity index (χ4v) is 2.64. The molecule has 6 nitrogen and oxygen atoms in total. The van der Waals surface area contributed by atoms with Gasteiger partial charge in [-0.05, 0) is 38.5 Å². The molecule has 0 amide bonds. The summed E-state index contributed by atoms with van der Waals surface area (Å²) in [6.07, 6.45) is 1.62. The summed E-state index contributed by atoms with van der Waals surface area (Å²) in [5.41, 5.74) is 3.97. The highest BCUT2D eigenvalue weighted by Crippen LogP contribution is 2.23. The molecule has 1 aromatic carbocycles. The van der Waals surface area contributed by atoms with Crippen LogP contribution in [0.15, 0.2) is 35.0 Å². The number of aryl methyl sites for hydroxylation is 2. The van der Waals surface area contributed by atoms with Crippen molar-refractivity contribution in [3.05, 3.63) is 58.0 Å². The standard InChI is InChI=1S/C18H17N3O3/c1-10-7-5-6-8-14(10)17-19-16(18(23)24-17)9-15-11(2)20-21(12(15)3)13(4)22/h5-9H,1-4H3. The van der Waals surface area contributed by atoms with E-state index >= 15 is 0 Å². The van der Waals surface area contributed by atoms with Crippen LogP contribution in [0.25, 0.3) is 6.08 Å². The van der Waals surface area contributed by atoms with E-state index in [-0.39, 0.29) is 11.6 Å². The normalized spacial score (nSPS) is 15.6. The Labute approximate surface area is 139 Å². The Morgan fingerprint density at radius 1 is 1.21 bits per heavy atom. The minimum atomic E-state index is -0.511. The summed E-state index contributed by atoms with van der Waals surface area (Å²) in [4.78, 5) is 28.0. The van der Waals surface area contributed by atoms with Gasteiger partial charge in [-0.25, -0.2) is 14.5 Å². The Balaban J connectivity index is 2.04. The van der Waals surface area contributed by atoms with Crippen LogP contribution in [0.1, 0.15) is 39.8 Å². The predicted molar refractivity (Wildman–Crippen MR) is 89.8 cm³/mol. The molecule has 0 fully saturated rings. The topological polar surface area (TPSA) is 73.6 Å². The van der Waals surface area contributed by atoms with Gasteiger partial charge in [-0.3, -0.25) is 4.79 Å². The third-order valence-electron chi connectivity index (χ3n) is 3.92. The van der Waals surface area contributed by atoms with Gasteiger partial charge in [-0.2, -0.15) is 5.10 Å². The lowest BCUT2D eigenvalue weighted by atomic mass is 10.1. The van der Waals surface area contributed by atoms with E-state index in [0.29, 0.717) is 22.8 Å². The van der Waals surface area contributed by atoms with E-state index in [0.717, 1.165) is 11.1 Å². The summed E-state index contributed by atoms with van der Waals surface area (Å²) >= 11 is 0. The van der Waals surface area contributed by atoms with Crippen LogP contribution in [-0.2, 0) is 9.53 Å². The van der Waals surface area contributed by atoms with Gasteiger partial charge < -0.3 is 4.74 Å². The molecule has 1 aliphatic heterocycles. The van der Waals surface area contributed by atoms with E-state index in [2.05, 4.69) is 10.1 Å². The molecule has 3 rings (SSSR count). The highest BCUT2D eigenvalue weighted by atomic mass is 16.6. The molecule has 0 saturated carbocycles. The van der Waals surface area contributed by atoms with Gasteiger partial charge in [-0.15, -0.1) is 0 Å². The minimum absolute atomic E-state index is 0.182. The number of benzene rings is 1. The number of rotatable bonds is 2. The number of esters is 1. The maximum atomic E-state index is 12.1. The van der Waals surface area contributed by atoms with Gasteiger partial charge in [0.15, 0.2) is 5.70 Å². The SMILES string of the molecule is CC(=O)n1nc(C)c(C=C2N=C(c3ccccc3C)OC2=O)c1C. The largest absolute Gasteiger partial charge is 0.402 e. The zero-order valence-electron chi connectivity index (χ0n) is 14.0. The number of hydrogen-bond acceptors (Lipinski definition) is 5. The molecule has 0 saturated heterocycles. The summed E-state index contributed by atoms with van der Waals surface area (Å²) in [5, 5.41) is 4.19. The molecule has 0 N–H and O–H groups in total. The molecule has 2 aromatic rings. The molecule has 6 heteroatoms. The van der Waals surface area contributed by atoms with Crippen molar-refractivity contribution >= 4 is 23.9 Å². The zero-order valence-corrected chi connectivity index (χ0v) is 14.0. The third kappa shape index (κ3) is 2.67. The van der Waals surface area contributed by atoms with Crippen molar-refractivity contribution in [3.63, 3.8) is 0 Å². The number of aromatic nitrogens is 2. The molecule has 122 valence electrons. The Morgan fingerprint density at radius 3 is 2.54 bits per heavy atom. The number of ether oxygens (including phenoxy) is 1. The van der Waals surface area contributed by atoms with Gasteiger partial charge in [-0.1, -0.05) is 18.2 Å². The molecule has 1 aromatic heterocycles. The first-order chi connectivity index (χ1) is 11.4. The number of aliphatic imine (C=N–C) groups is 1. The van der Waals surface area contributed by atoms with Gasteiger partial charge in [0.1, 0.15) is 0 Å². The van der Waals surface area contributed by atoms with E-state index in [1.165, 1.54) is 11.6 Å². The van der Waals surface area contributed by atoms with Crippen LogP contribution in [0.5, 0.6) is 0 Å². The van der Waals surface area contributed by atoms with Crippen molar-refractivity contribution in [2.75, 3.05) is 0 Å². The monoisotopic (exact) mass is 323 g/mol. The smallest absolute Gasteiger partial charge is 0.363 e. The number of cyclic esters (lactones) is 1. The minimum Gasteiger partial charge on any atom is -0.402 e. The van der Waals surface area contributed by atoms with Crippen LogP contribution >= 0.6 is 0 Å². The molecular formula is C18H17N3O3. The molecule has 2 heterocycles. The van der Waals surface area contributed by atoms with Crippen LogP contribution in [-0.4, -0.2) is 27.6 Å². The van der Waals surface area contributed by atoms with Crippen LogP contribution in [0, 0.1) is 20.8 Å². The second-order valence-corrected chi connectivity index (χ2v) is 5.67. The Kier molecular flexibility index (Phi) is 3.89. The van der Waals surface area contributed by atoms with E-state index in [9.17, 15) is 9.59 Å². The van der Waals surface area contributed by atoms with Gasteiger partial charge in [0.05, 0.1) is 11.4 Å². The van der Waals surface area contributed by atoms with Gasteiger partial charge in [0.25, 0.3) is 0 Å². The fourth-order valence-electron chi connectivity index (χ4n) is 2.64. The van der Waals surface area contributed by atoms with E-state index in [1.807, 2.05) is 31.2 Å². The van der Waals surface area contributed by atoms with Crippen molar-refractivity contribution < 1.29 is 14.3 Å². The fraction of sp³-hybridized carbons (Fsp3) is 0.222. The number of hydrogen-bond donors (Lipinski definition) is 0. The summed E-state index contributed by atoms with van der Waals surface area (Å²) in [6.45, 7) is 6.93. The Morgan fingerprint density at radius 2 is 1.92 bits per heavy atom. The van der Waals surface area contributed by atoms with Crippen LogP contribution in [0.4, 0.5) is 0 Å². The lowest BCUT2D eigenvalue weighted by Gasteiger charge is -2.02. The lowest BCUT2D eigenvalue weighted by molar-refractivity contribution is -0.129. The highest BCUT2D eigenvalue weighted by Gasteiger charge is 2.26. The molecule has 0 radical (unpaired) electrons.